The van der Waals surface area contributed by atoms with E-state index in [1.54, 1.807) is 32.1 Å². The summed E-state index contributed by atoms with van der Waals surface area (Å²) < 4.78 is 37.8. The first-order valence-electron chi connectivity index (χ1n) is 13.5. The van der Waals surface area contributed by atoms with Gasteiger partial charge in [0.1, 0.15) is 11.6 Å². The highest BCUT2D eigenvalue weighted by Crippen LogP contribution is 2.41. The molecule has 1 heterocycles. The number of carbonyl (C=O) groups is 1. The van der Waals surface area contributed by atoms with Gasteiger partial charge in [0.15, 0.2) is 23.1 Å². The maximum Gasteiger partial charge on any atom is 0.197 e. The number of nitrogens with one attached hydrogen (secondary N) is 1. The molecular formula is C30H42FN3O5. The summed E-state index contributed by atoms with van der Waals surface area (Å²) in [6, 6.07) is 5.44. The quantitative estimate of drug-likeness (QED) is 0.338. The van der Waals surface area contributed by atoms with Gasteiger partial charge in [-0.1, -0.05) is 20.8 Å². The predicted octanol–water partition coefficient (Wildman–Crippen LogP) is 5.43. The number of nitrogens with zero attached hydrogens (tertiary/aromatic N) is 2. The molecule has 8 nitrogen and oxygen atoms in total. The first kappa shape index (κ1) is 30.2. The number of anilines is 1. The average Bonchev–Trinajstić information content (AvgIpc) is 3.20. The smallest absolute Gasteiger partial charge is 0.197 e. The van der Waals surface area contributed by atoms with Gasteiger partial charge in [-0.05, 0) is 49.9 Å². The van der Waals surface area contributed by atoms with E-state index in [0.29, 0.717) is 43.2 Å². The van der Waals surface area contributed by atoms with Crippen LogP contribution >= 0.6 is 0 Å². The van der Waals surface area contributed by atoms with Gasteiger partial charge < -0.3 is 28.7 Å². The van der Waals surface area contributed by atoms with Crippen molar-refractivity contribution in [3.05, 3.63) is 46.3 Å². The van der Waals surface area contributed by atoms with Gasteiger partial charge >= 0.3 is 0 Å². The number of fused-ring (bicyclic) bond motifs is 1. The average molecular weight is 544 g/mol. The van der Waals surface area contributed by atoms with Crippen LogP contribution in [0.1, 0.15) is 68.6 Å². The largest absolute Gasteiger partial charge is 0.494 e. The lowest BCUT2D eigenvalue weighted by molar-refractivity contribution is 0.0962. The highest BCUT2D eigenvalue weighted by molar-refractivity contribution is 6.06. The molecule has 1 aliphatic rings. The van der Waals surface area contributed by atoms with Crippen LogP contribution in [0.4, 0.5) is 10.1 Å². The number of methoxy groups -OCH3 is 2. The van der Waals surface area contributed by atoms with Crippen LogP contribution in [-0.4, -0.2) is 70.2 Å². The third kappa shape index (κ3) is 6.30. The minimum Gasteiger partial charge on any atom is -0.494 e. The molecule has 0 radical (unpaired) electrons. The number of carbonyl (C=O) groups excluding carboxylic acids is 1. The molecule has 0 aliphatic carbocycles. The van der Waals surface area contributed by atoms with Gasteiger partial charge in [0, 0.05) is 37.9 Å². The van der Waals surface area contributed by atoms with Crippen molar-refractivity contribution >= 4 is 17.3 Å². The third-order valence-electron chi connectivity index (χ3n) is 6.80. The fraction of sp³-hybridized carbons (Fsp3) is 0.533. The number of benzene rings is 2. The highest BCUT2D eigenvalue weighted by Gasteiger charge is 2.34. The van der Waals surface area contributed by atoms with Crippen LogP contribution in [0.15, 0.2) is 18.2 Å². The van der Waals surface area contributed by atoms with Gasteiger partial charge in [-0.15, -0.1) is 0 Å². The van der Waals surface area contributed by atoms with Crippen molar-refractivity contribution in [2.75, 3.05) is 58.6 Å². The van der Waals surface area contributed by atoms with E-state index < -0.39 is 5.82 Å². The molecular weight excluding hydrogens is 501 g/mol. The lowest BCUT2D eigenvalue weighted by Gasteiger charge is -2.30. The maximum atomic E-state index is 15.5. The number of amidine groups is 1. The van der Waals surface area contributed by atoms with Crippen LogP contribution in [0.25, 0.3) is 0 Å². The number of hydrogen-bond donors (Lipinski definition) is 1. The van der Waals surface area contributed by atoms with Crippen LogP contribution in [0.2, 0.25) is 0 Å². The molecule has 0 saturated heterocycles. The summed E-state index contributed by atoms with van der Waals surface area (Å²) in [4.78, 5) is 17.4. The van der Waals surface area contributed by atoms with Gasteiger partial charge in [-0.2, -0.15) is 0 Å². The monoisotopic (exact) mass is 543 g/mol. The van der Waals surface area contributed by atoms with Crippen LogP contribution in [0.5, 0.6) is 17.2 Å². The molecule has 0 aromatic heterocycles. The number of ether oxygens (including phenoxy) is 4. The molecule has 0 fully saturated rings. The molecule has 0 spiro atoms. The second kappa shape index (κ2) is 12.7. The molecule has 0 amide bonds. The summed E-state index contributed by atoms with van der Waals surface area (Å²) in [5.74, 6) is 0.201. The minimum absolute atomic E-state index is 0.00126. The summed E-state index contributed by atoms with van der Waals surface area (Å²) in [5, 5.41) is 8.70. The second-order valence-electron chi connectivity index (χ2n) is 10.4. The molecule has 9 heteroatoms. The van der Waals surface area contributed by atoms with Crippen molar-refractivity contribution in [2.45, 2.75) is 53.5 Å². The molecule has 2 aromatic carbocycles. The molecule has 0 unspecified atom stereocenters. The number of hydrogen-bond acceptors (Lipinski definition) is 7. The van der Waals surface area contributed by atoms with Gasteiger partial charge in [0.2, 0.25) is 0 Å². The Kier molecular flexibility index (Phi) is 9.83. The summed E-state index contributed by atoms with van der Waals surface area (Å²) in [5.41, 5.74) is 2.71. The van der Waals surface area contributed by atoms with Crippen molar-refractivity contribution in [2.24, 2.45) is 0 Å². The Morgan fingerprint density at radius 2 is 1.77 bits per heavy atom. The highest BCUT2D eigenvalue weighted by atomic mass is 19.1. The van der Waals surface area contributed by atoms with E-state index in [2.05, 4.69) is 25.7 Å². The Balaban J connectivity index is 1.99. The van der Waals surface area contributed by atoms with Crippen molar-refractivity contribution in [3.63, 3.8) is 0 Å². The van der Waals surface area contributed by atoms with Crippen molar-refractivity contribution in [1.82, 2.24) is 4.90 Å². The first-order valence-corrected chi connectivity index (χ1v) is 13.5. The van der Waals surface area contributed by atoms with E-state index in [0.717, 1.165) is 17.0 Å². The van der Waals surface area contributed by atoms with Gasteiger partial charge in [0.05, 0.1) is 44.7 Å². The molecule has 214 valence electrons. The van der Waals surface area contributed by atoms with Crippen LogP contribution < -0.4 is 19.1 Å². The fourth-order valence-corrected chi connectivity index (χ4v) is 4.85. The lowest BCUT2D eigenvalue weighted by atomic mass is 9.84. The third-order valence-corrected chi connectivity index (χ3v) is 6.80. The molecule has 0 saturated carbocycles. The Bertz CT molecular complexity index is 1210. The van der Waals surface area contributed by atoms with Gasteiger partial charge in [-0.3, -0.25) is 10.2 Å². The Morgan fingerprint density at radius 1 is 1.08 bits per heavy atom. The summed E-state index contributed by atoms with van der Waals surface area (Å²) in [7, 11) is 3.30. The standard InChI is InChI=1S/C30H42FN3O5/c1-9-33(12-13-36-7)22-15-19(14-21(27(22)37-8)30(4,5)6)23(35)18-34-17-20-16-24(38-10-2)28(39-11-3)26(31)25(20)29(34)32/h14-16,32H,9-13,17-18H2,1-8H3. The Morgan fingerprint density at radius 3 is 2.33 bits per heavy atom. The Hall–Kier alpha value is -3.33. The van der Waals surface area contributed by atoms with Crippen molar-refractivity contribution in [1.29, 1.82) is 5.41 Å². The van der Waals surface area contributed by atoms with E-state index >= 15 is 4.39 Å². The Labute approximate surface area is 231 Å². The predicted molar refractivity (Wildman–Crippen MR) is 152 cm³/mol. The lowest BCUT2D eigenvalue weighted by Crippen LogP contribution is -2.31. The van der Waals surface area contributed by atoms with Crippen LogP contribution in [0, 0.1) is 11.2 Å². The SMILES string of the molecule is CCOc1cc2c(c(F)c1OCC)C(=N)N(CC(=O)c1cc(N(CC)CCOC)c(OC)c(C(C)(C)C)c1)C2. The van der Waals surface area contributed by atoms with Crippen molar-refractivity contribution < 1.29 is 28.1 Å². The molecule has 39 heavy (non-hydrogen) atoms. The van der Waals surface area contributed by atoms with Gasteiger partial charge in [-0.25, -0.2) is 4.39 Å². The first-order chi connectivity index (χ1) is 18.5. The number of halogens is 1. The number of Topliss-reactive ketones (excluding diaryl/α,β-unsaturated/α-hetero) is 1. The fourth-order valence-electron chi connectivity index (χ4n) is 4.85. The summed E-state index contributed by atoms with van der Waals surface area (Å²) in [6.07, 6.45) is 0. The molecule has 0 bridgehead atoms. The normalized spacial score (nSPS) is 12.9. The van der Waals surface area contributed by atoms with Crippen LogP contribution in [0.3, 0.4) is 0 Å². The van der Waals surface area contributed by atoms with Crippen molar-refractivity contribution in [3.8, 4) is 17.2 Å². The zero-order valence-corrected chi connectivity index (χ0v) is 24.5. The maximum absolute atomic E-state index is 15.5. The van der Waals surface area contributed by atoms with Crippen LogP contribution in [-0.2, 0) is 16.7 Å². The van der Waals surface area contributed by atoms with E-state index in [4.69, 9.17) is 24.4 Å². The number of rotatable bonds is 13. The molecule has 3 rings (SSSR count). The molecule has 1 N–H and O–H groups in total. The zero-order chi connectivity index (χ0) is 28.9. The molecule has 2 aromatic rings. The number of ketones is 1. The molecule has 1 aliphatic heterocycles. The topological polar surface area (TPSA) is 84.3 Å². The van der Waals surface area contributed by atoms with E-state index in [-0.39, 0.29) is 48.0 Å². The second-order valence-corrected chi connectivity index (χ2v) is 10.4. The minimum atomic E-state index is -0.628. The van der Waals surface area contributed by atoms with Gasteiger partial charge in [0.25, 0.3) is 0 Å². The number of likely N-dealkylation sites (N-methyl/N-ethyl adjacent to an activating group) is 1. The molecule has 0 atom stereocenters. The van der Waals surface area contributed by atoms with E-state index in [1.165, 1.54) is 0 Å². The van der Waals surface area contributed by atoms with E-state index in [1.807, 2.05) is 26.0 Å². The summed E-state index contributed by atoms with van der Waals surface area (Å²) >= 11 is 0. The zero-order valence-electron chi connectivity index (χ0n) is 24.5. The van der Waals surface area contributed by atoms with E-state index in [9.17, 15) is 4.79 Å². The summed E-state index contributed by atoms with van der Waals surface area (Å²) in [6.45, 7) is 14.5.